The lowest BCUT2D eigenvalue weighted by molar-refractivity contribution is 0.195. The number of pyridine rings is 1. The molecule has 0 aliphatic rings. The predicted molar refractivity (Wildman–Crippen MR) is 59.9 cm³/mol. The second kappa shape index (κ2) is 5.55. The molecule has 0 amide bonds. The van der Waals surface area contributed by atoms with Crippen molar-refractivity contribution in [3.05, 3.63) is 30.0 Å². The summed E-state index contributed by atoms with van der Waals surface area (Å²) in [7, 11) is 1.64. The maximum atomic E-state index is 13.5. The monoisotopic (exact) mass is 225 g/mol. The van der Waals surface area contributed by atoms with Gasteiger partial charge in [-0.1, -0.05) is 7.43 Å². The molecule has 0 fully saturated rings. The standard InChI is InChI=1S/C10H12FN3O.CH4/c1-15-4-2-3-8-5-10-13-12-7-14(10)6-9(8)11;/h5-7H,2-4H2,1H3;1H4. The van der Waals surface area contributed by atoms with E-state index in [9.17, 15) is 4.39 Å². The molecule has 2 heterocycles. The molecular formula is C11H16FN3O. The summed E-state index contributed by atoms with van der Waals surface area (Å²) in [6.45, 7) is 0.636. The predicted octanol–water partition coefficient (Wildman–Crippen LogP) is 2.08. The SMILES string of the molecule is C.COCCCc1cc2nncn2cc1F. The normalized spacial score (nSPS) is 10.4. The fourth-order valence-corrected chi connectivity index (χ4v) is 1.48. The Labute approximate surface area is 94.1 Å². The minimum absolute atomic E-state index is 0. The summed E-state index contributed by atoms with van der Waals surface area (Å²) in [5.74, 6) is -0.224. The van der Waals surface area contributed by atoms with Crippen LogP contribution in [0.4, 0.5) is 4.39 Å². The first-order valence-electron chi connectivity index (χ1n) is 4.78. The molecule has 2 aromatic rings. The van der Waals surface area contributed by atoms with Crippen molar-refractivity contribution in [1.29, 1.82) is 0 Å². The lowest BCUT2D eigenvalue weighted by atomic mass is 10.1. The van der Waals surface area contributed by atoms with Gasteiger partial charge in [-0.05, 0) is 24.5 Å². The van der Waals surface area contributed by atoms with Gasteiger partial charge in [-0.3, -0.25) is 4.40 Å². The second-order valence-corrected chi connectivity index (χ2v) is 3.34. The first-order valence-corrected chi connectivity index (χ1v) is 4.78. The number of aryl methyl sites for hydroxylation is 1. The molecule has 0 saturated heterocycles. The van der Waals surface area contributed by atoms with Gasteiger partial charge >= 0.3 is 0 Å². The van der Waals surface area contributed by atoms with Crippen molar-refractivity contribution < 1.29 is 9.13 Å². The Morgan fingerprint density at radius 3 is 3.06 bits per heavy atom. The Morgan fingerprint density at radius 1 is 1.50 bits per heavy atom. The molecule has 88 valence electrons. The average molecular weight is 225 g/mol. The summed E-state index contributed by atoms with van der Waals surface area (Å²) in [5, 5.41) is 7.57. The van der Waals surface area contributed by atoms with Crippen LogP contribution in [0.1, 0.15) is 19.4 Å². The van der Waals surface area contributed by atoms with Crippen molar-refractivity contribution in [1.82, 2.24) is 14.6 Å². The van der Waals surface area contributed by atoms with Crippen molar-refractivity contribution in [3.8, 4) is 0 Å². The molecule has 0 unspecified atom stereocenters. The van der Waals surface area contributed by atoms with Crippen molar-refractivity contribution >= 4 is 5.65 Å². The molecule has 0 aromatic carbocycles. The number of nitrogens with zero attached hydrogens (tertiary/aromatic N) is 3. The van der Waals surface area contributed by atoms with Crippen LogP contribution in [-0.4, -0.2) is 28.3 Å². The summed E-state index contributed by atoms with van der Waals surface area (Å²) >= 11 is 0. The summed E-state index contributed by atoms with van der Waals surface area (Å²) in [5.41, 5.74) is 1.33. The number of rotatable bonds is 4. The number of aromatic nitrogens is 3. The number of hydrogen-bond donors (Lipinski definition) is 0. The zero-order valence-electron chi connectivity index (χ0n) is 8.48. The van der Waals surface area contributed by atoms with Crippen LogP contribution < -0.4 is 0 Å². The van der Waals surface area contributed by atoms with Crippen LogP contribution in [0.2, 0.25) is 0 Å². The zero-order valence-corrected chi connectivity index (χ0v) is 8.48. The van der Waals surface area contributed by atoms with Crippen LogP contribution in [0.3, 0.4) is 0 Å². The molecule has 0 aliphatic carbocycles. The minimum atomic E-state index is -0.224. The van der Waals surface area contributed by atoms with Crippen LogP contribution in [0, 0.1) is 5.82 Å². The van der Waals surface area contributed by atoms with E-state index in [0.29, 0.717) is 24.2 Å². The second-order valence-electron chi connectivity index (χ2n) is 3.34. The Morgan fingerprint density at radius 2 is 2.31 bits per heavy atom. The minimum Gasteiger partial charge on any atom is -0.385 e. The maximum absolute atomic E-state index is 13.5. The zero-order chi connectivity index (χ0) is 10.7. The van der Waals surface area contributed by atoms with E-state index in [-0.39, 0.29) is 13.2 Å². The number of hydrogen-bond acceptors (Lipinski definition) is 3. The Hall–Kier alpha value is -1.49. The topological polar surface area (TPSA) is 39.4 Å². The molecule has 4 nitrogen and oxygen atoms in total. The first-order chi connectivity index (χ1) is 7.31. The van der Waals surface area contributed by atoms with Crippen LogP contribution in [0.15, 0.2) is 18.6 Å². The molecule has 2 rings (SSSR count). The van der Waals surface area contributed by atoms with Crippen molar-refractivity contribution in [2.24, 2.45) is 0 Å². The third kappa shape index (κ3) is 2.55. The molecule has 2 aromatic heterocycles. The van der Waals surface area contributed by atoms with E-state index >= 15 is 0 Å². The van der Waals surface area contributed by atoms with E-state index in [1.165, 1.54) is 12.5 Å². The van der Waals surface area contributed by atoms with Gasteiger partial charge in [0.25, 0.3) is 0 Å². The Bertz CT molecular complexity index is 455. The van der Waals surface area contributed by atoms with E-state index in [4.69, 9.17) is 4.74 Å². The fraction of sp³-hybridized carbons (Fsp3) is 0.455. The highest BCUT2D eigenvalue weighted by atomic mass is 19.1. The molecule has 0 radical (unpaired) electrons. The van der Waals surface area contributed by atoms with Gasteiger partial charge in [0.05, 0.1) is 0 Å². The Balaban J connectivity index is 0.00000128. The summed E-state index contributed by atoms with van der Waals surface area (Å²) in [6, 6.07) is 1.72. The van der Waals surface area contributed by atoms with Gasteiger partial charge in [-0.15, -0.1) is 10.2 Å². The van der Waals surface area contributed by atoms with Crippen molar-refractivity contribution in [3.63, 3.8) is 0 Å². The van der Waals surface area contributed by atoms with Gasteiger partial charge < -0.3 is 4.74 Å². The molecule has 0 saturated carbocycles. The van der Waals surface area contributed by atoms with Gasteiger partial charge in [0, 0.05) is 19.9 Å². The maximum Gasteiger partial charge on any atom is 0.161 e. The van der Waals surface area contributed by atoms with Crippen molar-refractivity contribution in [2.75, 3.05) is 13.7 Å². The lowest BCUT2D eigenvalue weighted by Crippen LogP contribution is -1.98. The molecule has 0 aliphatic heterocycles. The van der Waals surface area contributed by atoms with Gasteiger partial charge in [-0.25, -0.2) is 4.39 Å². The van der Waals surface area contributed by atoms with E-state index in [1.54, 1.807) is 17.6 Å². The molecule has 16 heavy (non-hydrogen) atoms. The Kier molecular flexibility index (Phi) is 4.37. The molecular weight excluding hydrogens is 209 g/mol. The number of halogens is 1. The van der Waals surface area contributed by atoms with E-state index in [0.717, 1.165) is 6.42 Å². The van der Waals surface area contributed by atoms with Gasteiger partial charge in [-0.2, -0.15) is 0 Å². The van der Waals surface area contributed by atoms with Crippen LogP contribution in [-0.2, 0) is 11.2 Å². The first kappa shape index (κ1) is 12.6. The summed E-state index contributed by atoms with van der Waals surface area (Å²) in [4.78, 5) is 0. The van der Waals surface area contributed by atoms with Crippen molar-refractivity contribution in [2.45, 2.75) is 20.3 Å². The van der Waals surface area contributed by atoms with Gasteiger partial charge in [0.15, 0.2) is 5.65 Å². The molecule has 0 N–H and O–H groups in total. The average Bonchev–Trinajstić information content (AvgIpc) is 2.65. The molecule has 5 heteroatoms. The summed E-state index contributed by atoms with van der Waals surface area (Å²) < 4.78 is 20.0. The number of fused-ring (bicyclic) bond motifs is 1. The highest BCUT2D eigenvalue weighted by molar-refractivity contribution is 5.40. The fourth-order valence-electron chi connectivity index (χ4n) is 1.48. The van der Waals surface area contributed by atoms with Crippen LogP contribution in [0.25, 0.3) is 5.65 Å². The quantitative estimate of drug-likeness (QED) is 0.748. The van der Waals surface area contributed by atoms with Gasteiger partial charge in [0.1, 0.15) is 12.1 Å². The van der Waals surface area contributed by atoms with Crippen LogP contribution in [0.5, 0.6) is 0 Å². The smallest absolute Gasteiger partial charge is 0.161 e. The highest BCUT2D eigenvalue weighted by Crippen LogP contribution is 2.12. The highest BCUT2D eigenvalue weighted by Gasteiger charge is 2.05. The largest absolute Gasteiger partial charge is 0.385 e. The lowest BCUT2D eigenvalue weighted by Gasteiger charge is -2.03. The van der Waals surface area contributed by atoms with Crippen LogP contribution >= 0.6 is 0 Å². The van der Waals surface area contributed by atoms with Gasteiger partial charge in [0.2, 0.25) is 0 Å². The molecule has 0 atom stereocenters. The molecule has 0 spiro atoms. The number of methoxy groups -OCH3 is 1. The van der Waals surface area contributed by atoms with E-state index < -0.39 is 0 Å². The van der Waals surface area contributed by atoms with E-state index in [1.807, 2.05) is 0 Å². The third-order valence-corrected chi connectivity index (χ3v) is 2.26. The molecule has 0 bridgehead atoms. The summed E-state index contributed by atoms with van der Waals surface area (Å²) in [6.07, 6.45) is 4.34. The number of ether oxygens (including phenoxy) is 1. The van der Waals surface area contributed by atoms with E-state index in [2.05, 4.69) is 10.2 Å². The third-order valence-electron chi connectivity index (χ3n) is 2.26.